The first-order valence-electron chi connectivity index (χ1n) is 5.34. The minimum atomic E-state index is -0.581. The lowest BCUT2D eigenvalue weighted by molar-refractivity contribution is -0.0959. The molecule has 80 valence electrons. The van der Waals surface area contributed by atoms with Crippen molar-refractivity contribution < 1.29 is 9.90 Å². The monoisotopic (exact) mass is 206 g/mol. The van der Waals surface area contributed by atoms with E-state index < -0.39 is 5.60 Å². The van der Waals surface area contributed by atoms with Crippen molar-refractivity contribution in [2.45, 2.75) is 18.4 Å². The second kappa shape index (κ2) is 2.85. The van der Waals surface area contributed by atoms with Gasteiger partial charge in [-0.05, 0) is 30.9 Å². The molecule has 0 radical (unpaired) electrons. The van der Waals surface area contributed by atoms with E-state index in [1.54, 1.807) is 23.2 Å². The Morgan fingerprint density at radius 1 is 1.53 bits per heavy atom. The average Bonchev–Trinajstić information content (AvgIpc) is 2.89. The Hall–Kier alpha value is -1.29. The maximum Gasteiger partial charge on any atom is 0.270 e. The van der Waals surface area contributed by atoms with E-state index in [0.29, 0.717) is 24.7 Å². The van der Waals surface area contributed by atoms with Crippen molar-refractivity contribution in [3.8, 4) is 0 Å². The van der Waals surface area contributed by atoms with Crippen LogP contribution in [-0.4, -0.2) is 39.6 Å². The first-order chi connectivity index (χ1) is 7.19. The molecule has 1 aliphatic heterocycles. The molecular weight excluding hydrogens is 192 g/mol. The van der Waals surface area contributed by atoms with Gasteiger partial charge in [-0.25, -0.2) is 0 Å². The maximum absolute atomic E-state index is 11.8. The van der Waals surface area contributed by atoms with E-state index in [9.17, 15) is 9.90 Å². The number of H-pyrrole nitrogens is 1. The second-order valence-corrected chi connectivity index (χ2v) is 4.62. The van der Waals surface area contributed by atoms with Crippen molar-refractivity contribution in [2.24, 2.45) is 5.92 Å². The normalized spacial score (nSPS) is 23.7. The summed E-state index contributed by atoms with van der Waals surface area (Å²) in [7, 11) is 0. The fourth-order valence-electron chi connectivity index (χ4n) is 2.27. The topological polar surface area (TPSA) is 56.3 Å². The lowest BCUT2D eigenvalue weighted by Crippen LogP contribution is -2.64. The summed E-state index contributed by atoms with van der Waals surface area (Å²) < 4.78 is 0. The van der Waals surface area contributed by atoms with Crippen LogP contribution in [-0.2, 0) is 0 Å². The van der Waals surface area contributed by atoms with Crippen molar-refractivity contribution >= 4 is 5.91 Å². The SMILES string of the molecule is O=C(c1ccc[nH]1)N1CC(O)(C2CC2)C1. The molecule has 1 aromatic rings. The van der Waals surface area contributed by atoms with Crippen LogP contribution < -0.4 is 0 Å². The Labute approximate surface area is 87.9 Å². The number of aliphatic hydroxyl groups is 1. The molecular formula is C11H14N2O2. The third-order valence-electron chi connectivity index (χ3n) is 3.38. The molecule has 1 aromatic heterocycles. The Balaban J connectivity index is 1.65. The van der Waals surface area contributed by atoms with E-state index in [-0.39, 0.29) is 5.91 Å². The van der Waals surface area contributed by atoms with Crippen molar-refractivity contribution in [1.29, 1.82) is 0 Å². The predicted molar refractivity (Wildman–Crippen MR) is 54.4 cm³/mol. The van der Waals surface area contributed by atoms with Crippen molar-refractivity contribution in [3.63, 3.8) is 0 Å². The van der Waals surface area contributed by atoms with Gasteiger partial charge in [0.2, 0.25) is 0 Å². The Morgan fingerprint density at radius 3 is 2.80 bits per heavy atom. The highest BCUT2D eigenvalue weighted by atomic mass is 16.3. The maximum atomic E-state index is 11.8. The molecule has 3 rings (SSSR count). The molecule has 2 heterocycles. The first-order valence-corrected chi connectivity index (χ1v) is 5.34. The zero-order valence-electron chi connectivity index (χ0n) is 8.44. The minimum absolute atomic E-state index is 0.00896. The number of carbonyl (C=O) groups excluding carboxylic acids is 1. The van der Waals surface area contributed by atoms with Crippen LogP contribution in [0.15, 0.2) is 18.3 Å². The second-order valence-electron chi connectivity index (χ2n) is 4.62. The molecule has 4 heteroatoms. The van der Waals surface area contributed by atoms with Crippen molar-refractivity contribution in [3.05, 3.63) is 24.0 Å². The standard InChI is InChI=1S/C11H14N2O2/c14-10(9-2-1-5-12-9)13-6-11(15,7-13)8-3-4-8/h1-2,5,8,12,15H,3-4,6-7H2. The average molecular weight is 206 g/mol. The van der Waals surface area contributed by atoms with Crippen LogP contribution in [0, 0.1) is 5.92 Å². The van der Waals surface area contributed by atoms with Gasteiger partial charge in [0.25, 0.3) is 5.91 Å². The lowest BCUT2D eigenvalue weighted by atomic mass is 9.88. The summed E-state index contributed by atoms with van der Waals surface area (Å²) in [6.45, 7) is 0.991. The number of amides is 1. The van der Waals surface area contributed by atoms with E-state index in [4.69, 9.17) is 0 Å². The van der Waals surface area contributed by atoms with Crippen LogP contribution in [0.4, 0.5) is 0 Å². The molecule has 0 spiro atoms. The van der Waals surface area contributed by atoms with Gasteiger partial charge in [0.05, 0.1) is 13.1 Å². The quantitative estimate of drug-likeness (QED) is 0.745. The summed E-state index contributed by atoms with van der Waals surface area (Å²) in [5, 5.41) is 10.1. The fraction of sp³-hybridized carbons (Fsp3) is 0.545. The zero-order chi connectivity index (χ0) is 10.5. The van der Waals surface area contributed by atoms with Crippen LogP contribution in [0.2, 0.25) is 0 Å². The Morgan fingerprint density at radius 2 is 2.27 bits per heavy atom. The van der Waals surface area contributed by atoms with E-state index in [0.717, 1.165) is 12.8 Å². The summed E-state index contributed by atoms with van der Waals surface area (Å²) in [6, 6.07) is 3.57. The van der Waals surface area contributed by atoms with E-state index in [1.165, 1.54) is 0 Å². The molecule has 1 saturated carbocycles. The molecule has 2 aliphatic rings. The highest BCUT2D eigenvalue weighted by Crippen LogP contribution is 2.44. The minimum Gasteiger partial charge on any atom is -0.386 e. The summed E-state index contributed by atoms with van der Waals surface area (Å²) in [5.41, 5.74) is 0.0234. The summed E-state index contributed by atoms with van der Waals surface area (Å²) >= 11 is 0. The van der Waals surface area contributed by atoms with Gasteiger partial charge in [-0.2, -0.15) is 0 Å². The van der Waals surface area contributed by atoms with Crippen molar-refractivity contribution in [1.82, 2.24) is 9.88 Å². The third-order valence-corrected chi connectivity index (χ3v) is 3.38. The van der Waals surface area contributed by atoms with Crippen molar-refractivity contribution in [2.75, 3.05) is 13.1 Å². The van der Waals surface area contributed by atoms with Crippen LogP contribution in [0.3, 0.4) is 0 Å². The molecule has 0 atom stereocenters. The number of hydrogen-bond acceptors (Lipinski definition) is 2. The highest BCUT2D eigenvalue weighted by molar-refractivity contribution is 5.93. The number of nitrogens with zero attached hydrogens (tertiary/aromatic N) is 1. The number of likely N-dealkylation sites (tertiary alicyclic amines) is 1. The van der Waals surface area contributed by atoms with Crippen LogP contribution in [0.25, 0.3) is 0 Å². The molecule has 0 unspecified atom stereocenters. The van der Waals surface area contributed by atoms with Gasteiger partial charge < -0.3 is 15.0 Å². The number of β-amino-alcohol motifs (C(OH)–C–C–N with tert-alkyl or cyclic N) is 1. The van der Waals surface area contributed by atoms with Gasteiger partial charge in [0, 0.05) is 6.20 Å². The number of carbonyl (C=O) groups is 1. The van der Waals surface area contributed by atoms with Gasteiger partial charge in [-0.1, -0.05) is 0 Å². The smallest absolute Gasteiger partial charge is 0.270 e. The number of rotatable bonds is 2. The molecule has 1 aliphatic carbocycles. The summed E-state index contributed by atoms with van der Waals surface area (Å²) in [6.07, 6.45) is 3.96. The molecule has 1 saturated heterocycles. The highest BCUT2D eigenvalue weighted by Gasteiger charge is 2.53. The fourth-order valence-corrected chi connectivity index (χ4v) is 2.27. The number of nitrogens with one attached hydrogen (secondary N) is 1. The molecule has 2 fully saturated rings. The largest absolute Gasteiger partial charge is 0.386 e. The number of hydrogen-bond donors (Lipinski definition) is 2. The van der Waals surface area contributed by atoms with Crippen LogP contribution in [0.1, 0.15) is 23.3 Å². The predicted octanol–water partition coefficient (Wildman–Crippen LogP) is 0.612. The molecule has 15 heavy (non-hydrogen) atoms. The number of aromatic amines is 1. The van der Waals surface area contributed by atoms with Gasteiger partial charge >= 0.3 is 0 Å². The van der Waals surface area contributed by atoms with Crippen LogP contribution >= 0.6 is 0 Å². The Bertz CT molecular complexity index is 375. The van der Waals surface area contributed by atoms with E-state index in [2.05, 4.69) is 4.98 Å². The lowest BCUT2D eigenvalue weighted by Gasteiger charge is -2.46. The van der Waals surface area contributed by atoms with Crippen LogP contribution in [0.5, 0.6) is 0 Å². The van der Waals surface area contributed by atoms with Gasteiger partial charge in [-0.15, -0.1) is 0 Å². The molecule has 1 amide bonds. The Kier molecular flexibility index (Phi) is 1.71. The van der Waals surface area contributed by atoms with E-state index >= 15 is 0 Å². The number of aromatic nitrogens is 1. The van der Waals surface area contributed by atoms with E-state index in [1.807, 2.05) is 0 Å². The molecule has 4 nitrogen and oxygen atoms in total. The van der Waals surface area contributed by atoms with Gasteiger partial charge in [-0.3, -0.25) is 4.79 Å². The first kappa shape index (κ1) is 8.97. The molecule has 0 aromatic carbocycles. The van der Waals surface area contributed by atoms with Gasteiger partial charge in [0.15, 0.2) is 0 Å². The third kappa shape index (κ3) is 1.36. The van der Waals surface area contributed by atoms with Gasteiger partial charge in [0.1, 0.15) is 11.3 Å². The summed E-state index contributed by atoms with van der Waals surface area (Å²) in [4.78, 5) is 16.4. The zero-order valence-corrected chi connectivity index (χ0v) is 8.44. The summed E-state index contributed by atoms with van der Waals surface area (Å²) in [5.74, 6) is 0.426. The molecule has 0 bridgehead atoms. The molecule has 2 N–H and O–H groups in total.